The maximum absolute atomic E-state index is 6.26. The van der Waals surface area contributed by atoms with Crippen LogP contribution in [0.1, 0.15) is 35.2 Å². The van der Waals surface area contributed by atoms with Gasteiger partial charge in [-0.15, -0.1) is 0 Å². The fourth-order valence-electron chi connectivity index (χ4n) is 2.34. The van der Waals surface area contributed by atoms with Crippen molar-refractivity contribution in [2.45, 2.75) is 26.8 Å². The van der Waals surface area contributed by atoms with Gasteiger partial charge < -0.3 is 5.32 Å². The number of rotatable bonds is 4. The minimum atomic E-state index is 0.108. The van der Waals surface area contributed by atoms with Gasteiger partial charge in [-0.1, -0.05) is 54.4 Å². The molecule has 0 aliphatic heterocycles. The van der Waals surface area contributed by atoms with E-state index in [0.29, 0.717) is 0 Å². The van der Waals surface area contributed by atoms with E-state index in [4.69, 9.17) is 23.2 Å². The minimum absolute atomic E-state index is 0.108. The molecular formula is C17H19Cl2N. The third-order valence-electron chi connectivity index (χ3n) is 3.56. The molecule has 0 spiro atoms. The highest BCUT2D eigenvalue weighted by Gasteiger charge is 2.17. The molecule has 0 fully saturated rings. The number of benzene rings is 2. The summed E-state index contributed by atoms with van der Waals surface area (Å²) < 4.78 is 0. The summed E-state index contributed by atoms with van der Waals surface area (Å²) >= 11 is 12.5. The second-order valence-corrected chi connectivity index (χ2v) is 5.77. The van der Waals surface area contributed by atoms with Crippen LogP contribution in [0.15, 0.2) is 36.4 Å². The molecule has 0 aliphatic rings. The summed E-state index contributed by atoms with van der Waals surface area (Å²) in [5.74, 6) is 0. The van der Waals surface area contributed by atoms with Crippen LogP contribution < -0.4 is 5.32 Å². The largest absolute Gasteiger partial charge is 0.307 e. The molecule has 3 heteroatoms. The van der Waals surface area contributed by atoms with Gasteiger partial charge in [0, 0.05) is 10.0 Å². The lowest BCUT2D eigenvalue weighted by atomic mass is 9.94. The second-order valence-electron chi connectivity index (χ2n) is 4.95. The standard InChI is InChI=1S/C17H19Cl2N/c1-4-20-17(13-9-8-11(2)16(19)10-13)14-6-5-7-15(18)12(14)3/h5-10,17,20H,4H2,1-3H3. The Kier molecular flexibility index (Phi) is 5.09. The number of aryl methyl sites for hydroxylation is 1. The summed E-state index contributed by atoms with van der Waals surface area (Å²) in [6.07, 6.45) is 0. The van der Waals surface area contributed by atoms with Gasteiger partial charge in [0.25, 0.3) is 0 Å². The molecule has 0 bridgehead atoms. The van der Waals surface area contributed by atoms with Gasteiger partial charge in [-0.25, -0.2) is 0 Å². The fourth-order valence-corrected chi connectivity index (χ4v) is 2.71. The molecular weight excluding hydrogens is 289 g/mol. The van der Waals surface area contributed by atoms with Crippen molar-refractivity contribution in [3.8, 4) is 0 Å². The quantitative estimate of drug-likeness (QED) is 0.807. The van der Waals surface area contributed by atoms with E-state index in [2.05, 4.69) is 37.4 Å². The molecule has 2 aromatic rings. The predicted octanol–water partition coefficient (Wildman–Crippen LogP) is 5.31. The Hall–Kier alpha value is -1.02. The number of halogens is 2. The van der Waals surface area contributed by atoms with E-state index < -0.39 is 0 Å². The molecule has 0 aliphatic carbocycles. The van der Waals surface area contributed by atoms with Gasteiger partial charge in [-0.05, 0) is 54.8 Å². The summed E-state index contributed by atoms with van der Waals surface area (Å²) in [4.78, 5) is 0. The van der Waals surface area contributed by atoms with Crippen LogP contribution in [0.5, 0.6) is 0 Å². The minimum Gasteiger partial charge on any atom is -0.307 e. The van der Waals surface area contributed by atoms with E-state index in [1.165, 1.54) is 5.56 Å². The summed E-state index contributed by atoms with van der Waals surface area (Å²) in [5.41, 5.74) is 4.55. The summed E-state index contributed by atoms with van der Waals surface area (Å²) in [6, 6.07) is 12.3. The Balaban J connectivity index is 2.50. The second kappa shape index (κ2) is 6.62. The molecule has 20 heavy (non-hydrogen) atoms. The third-order valence-corrected chi connectivity index (χ3v) is 4.37. The van der Waals surface area contributed by atoms with Gasteiger partial charge in [-0.3, -0.25) is 0 Å². The smallest absolute Gasteiger partial charge is 0.0580 e. The van der Waals surface area contributed by atoms with Gasteiger partial charge in [-0.2, -0.15) is 0 Å². The highest BCUT2D eigenvalue weighted by Crippen LogP contribution is 2.30. The van der Waals surface area contributed by atoms with E-state index in [1.54, 1.807) is 0 Å². The summed E-state index contributed by atoms with van der Waals surface area (Å²) in [5, 5.41) is 5.10. The number of nitrogens with one attached hydrogen (secondary N) is 1. The van der Waals surface area contributed by atoms with Crippen LogP contribution in [0, 0.1) is 13.8 Å². The van der Waals surface area contributed by atoms with Gasteiger partial charge in [0.05, 0.1) is 6.04 Å². The van der Waals surface area contributed by atoms with Gasteiger partial charge >= 0.3 is 0 Å². The average Bonchev–Trinajstić information content (AvgIpc) is 2.43. The van der Waals surface area contributed by atoms with Crippen molar-refractivity contribution in [3.05, 3.63) is 68.7 Å². The van der Waals surface area contributed by atoms with Crippen molar-refractivity contribution < 1.29 is 0 Å². The van der Waals surface area contributed by atoms with E-state index in [9.17, 15) is 0 Å². The zero-order valence-corrected chi connectivity index (χ0v) is 13.5. The van der Waals surface area contributed by atoms with Crippen molar-refractivity contribution in [1.29, 1.82) is 0 Å². The topological polar surface area (TPSA) is 12.0 Å². The lowest BCUT2D eigenvalue weighted by Crippen LogP contribution is -2.22. The van der Waals surface area contributed by atoms with Crippen molar-refractivity contribution >= 4 is 23.2 Å². The fraction of sp³-hybridized carbons (Fsp3) is 0.294. The molecule has 2 aromatic carbocycles. The van der Waals surface area contributed by atoms with E-state index in [-0.39, 0.29) is 6.04 Å². The monoisotopic (exact) mass is 307 g/mol. The first-order chi connectivity index (χ1) is 9.54. The Morgan fingerprint density at radius 2 is 1.80 bits per heavy atom. The number of hydrogen-bond acceptors (Lipinski definition) is 1. The molecule has 0 saturated carbocycles. The van der Waals surface area contributed by atoms with Crippen LogP contribution in [0.25, 0.3) is 0 Å². The van der Waals surface area contributed by atoms with Crippen LogP contribution in [0.4, 0.5) is 0 Å². The summed E-state index contributed by atoms with van der Waals surface area (Å²) in [7, 11) is 0. The lowest BCUT2D eigenvalue weighted by Gasteiger charge is -2.22. The highest BCUT2D eigenvalue weighted by atomic mass is 35.5. The van der Waals surface area contributed by atoms with E-state index >= 15 is 0 Å². The van der Waals surface area contributed by atoms with Gasteiger partial charge in [0.2, 0.25) is 0 Å². The van der Waals surface area contributed by atoms with Crippen molar-refractivity contribution in [3.63, 3.8) is 0 Å². The molecule has 0 heterocycles. The lowest BCUT2D eigenvalue weighted by molar-refractivity contribution is 0.627. The third kappa shape index (κ3) is 3.17. The maximum Gasteiger partial charge on any atom is 0.0580 e. The molecule has 0 saturated heterocycles. The van der Waals surface area contributed by atoms with Gasteiger partial charge in [0.15, 0.2) is 0 Å². The van der Waals surface area contributed by atoms with E-state index in [1.807, 2.05) is 25.1 Å². The first-order valence-electron chi connectivity index (χ1n) is 6.79. The first-order valence-corrected chi connectivity index (χ1v) is 7.54. The molecule has 1 atom stereocenters. The summed E-state index contributed by atoms with van der Waals surface area (Å²) in [6.45, 7) is 7.04. The maximum atomic E-state index is 6.26. The molecule has 1 unspecified atom stereocenters. The molecule has 0 aromatic heterocycles. The van der Waals surface area contributed by atoms with Crippen molar-refractivity contribution in [2.24, 2.45) is 0 Å². The average molecular weight is 308 g/mol. The van der Waals surface area contributed by atoms with Crippen LogP contribution in [0.3, 0.4) is 0 Å². The molecule has 0 amide bonds. The highest BCUT2D eigenvalue weighted by molar-refractivity contribution is 6.31. The Bertz CT molecular complexity index is 608. The van der Waals surface area contributed by atoms with Crippen molar-refractivity contribution in [2.75, 3.05) is 6.54 Å². The predicted molar refractivity (Wildman–Crippen MR) is 87.9 cm³/mol. The number of hydrogen-bond donors (Lipinski definition) is 1. The zero-order chi connectivity index (χ0) is 14.7. The van der Waals surface area contributed by atoms with Crippen LogP contribution in [0.2, 0.25) is 10.0 Å². The normalized spacial score (nSPS) is 12.4. The Morgan fingerprint density at radius 1 is 1.05 bits per heavy atom. The van der Waals surface area contributed by atoms with Crippen LogP contribution in [-0.2, 0) is 0 Å². The van der Waals surface area contributed by atoms with Crippen molar-refractivity contribution in [1.82, 2.24) is 5.32 Å². The van der Waals surface area contributed by atoms with E-state index in [0.717, 1.165) is 33.3 Å². The SMILES string of the molecule is CCNC(c1ccc(C)c(Cl)c1)c1cccc(Cl)c1C. The van der Waals surface area contributed by atoms with Crippen LogP contribution >= 0.6 is 23.2 Å². The Morgan fingerprint density at radius 3 is 2.45 bits per heavy atom. The molecule has 2 rings (SSSR count). The zero-order valence-electron chi connectivity index (χ0n) is 12.0. The molecule has 106 valence electrons. The van der Waals surface area contributed by atoms with Gasteiger partial charge in [0.1, 0.15) is 0 Å². The molecule has 1 nitrogen and oxygen atoms in total. The Labute approximate surface area is 130 Å². The first kappa shape index (κ1) is 15.4. The van der Waals surface area contributed by atoms with Crippen LogP contribution in [-0.4, -0.2) is 6.54 Å². The molecule has 0 radical (unpaired) electrons. The molecule has 1 N–H and O–H groups in total.